The second kappa shape index (κ2) is 38.6. The predicted octanol–water partition coefficient (Wildman–Crippen LogP) is 3.18. The molecule has 0 aliphatic heterocycles. The van der Waals surface area contributed by atoms with Crippen molar-refractivity contribution in [1.82, 2.24) is 21.3 Å². The van der Waals surface area contributed by atoms with Crippen molar-refractivity contribution in [2.45, 2.75) is 139 Å². The number of benzene rings is 2. The Hall–Kier alpha value is -6.96. The molecular formula is C49H63N7O18STc. The van der Waals surface area contributed by atoms with Crippen LogP contribution in [0.25, 0.3) is 16.4 Å². The topological polar surface area (TPSA) is 412 Å². The molecule has 76 heavy (non-hydrogen) atoms. The minimum absolute atomic E-state index is 0.0101. The summed E-state index contributed by atoms with van der Waals surface area (Å²) in [5, 5.41) is 53.3. The Labute approximate surface area is 454 Å². The zero-order valence-electron chi connectivity index (χ0n) is 41.3. The third-order valence-electron chi connectivity index (χ3n) is 11.1. The van der Waals surface area contributed by atoms with E-state index in [1.165, 1.54) is 0 Å². The number of carboxylic acid groups (broad SMARTS) is 4. The number of hydrogen-bond acceptors (Lipinski definition) is 15. The van der Waals surface area contributed by atoms with Crippen LogP contribution in [-0.4, -0.2) is 141 Å². The molecule has 0 fully saturated rings. The fourth-order valence-corrected chi connectivity index (χ4v) is 7.40. The zero-order chi connectivity index (χ0) is 57.0. The van der Waals surface area contributed by atoms with E-state index in [-0.39, 0.29) is 63.6 Å². The number of ketones is 2. The summed E-state index contributed by atoms with van der Waals surface area (Å²) < 4.78 is 12.8. The van der Waals surface area contributed by atoms with Crippen LogP contribution in [-0.2, 0) is 105 Å². The van der Waals surface area contributed by atoms with Crippen LogP contribution >= 0.6 is 0 Å². The Morgan fingerprint density at radius 2 is 1.20 bits per heavy atom. The molecule has 0 saturated heterocycles. The van der Waals surface area contributed by atoms with E-state index < -0.39 is 127 Å². The molecule has 0 aromatic heterocycles. The number of carboxylic acids is 4. The number of rotatable bonds is 39. The number of amides is 6. The first-order valence-electron chi connectivity index (χ1n) is 23.9. The third kappa shape index (κ3) is 29.2. The molecule has 0 heterocycles. The molecule has 6 amide bonds. The van der Waals surface area contributed by atoms with Crippen molar-refractivity contribution in [1.29, 1.82) is 0 Å². The number of ether oxygens (including phenoxy) is 1. The van der Waals surface area contributed by atoms with Crippen LogP contribution in [0.1, 0.15) is 101 Å². The van der Waals surface area contributed by atoms with Gasteiger partial charge in [-0.1, -0.05) is 98.4 Å². The summed E-state index contributed by atoms with van der Waals surface area (Å²) in [6.45, 7) is -0.644. The number of unbranched alkanes of at least 4 members (excludes halogenated alkanes) is 5. The van der Waals surface area contributed by atoms with Gasteiger partial charge in [-0.25, -0.2) is 9.59 Å². The fourth-order valence-electron chi connectivity index (χ4n) is 7.18. The van der Waals surface area contributed by atoms with E-state index in [0.29, 0.717) is 31.2 Å². The zero-order valence-corrected chi connectivity index (χ0v) is 44.0. The normalized spacial score (nSPS) is 13.4. The van der Waals surface area contributed by atoms with Crippen LogP contribution in [0.4, 0.5) is 4.79 Å². The molecule has 2 aromatic rings. The summed E-state index contributed by atoms with van der Waals surface area (Å²) in [7, 11) is 0. The van der Waals surface area contributed by atoms with Crippen molar-refractivity contribution in [3.8, 4) is 0 Å². The van der Waals surface area contributed by atoms with Crippen LogP contribution in [0.3, 0.4) is 0 Å². The van der Waals surface area contributed by atoms with Gasteiger partial charge in [0, 0.05) is 62.8 Å². The van der Waals surface area contributed by atoms with Gasteiger partial charge in [0.1, 0.15) is 11.8 Å². The number of aliphatic carboxylic acids is 4. The standard InChI is InChI=1S/C49H66N7O17S.O.Tc/c50-34(45(66)53-37(26-43(63)64)46(67)54-38(28-74)48(70)71)27-51-44(65)32(23-30-13-7-5-8-14-30)25-39(59)36(24-31-15-9-6-10-16-31)52-40(60)18-12-4-2-1-3-11-17-33(58)19-20-35(47(68)69)55-49(72)56-41(73-29-57)21-22-42(61)62;;/h5-10,13-16,29,32,34-38,41,50H,1-4,11-12,17-28H2,(H11,51,52,53,54,55,56,60,61,62,63,64,65,66,67,68,69,70,71,72,74);;/q-1;;+4/p-3/t32-,34+,35+,36+,37+,38+,41-;;/m1../s1/i;;1+1. The van der Waals surface area contributed by atoms with Gasteiger partial charge in [-0.15, -0.1) is 0 Å². The van der Waals surface area contributed by atoms with Crippen LogP contribution in [0, 0.1) is 5.92 Å². The first-order valence-corrected chi connectivity index (χ1v) is 25.2. The van der Waals surface area contributed by atoms with Gasteiger partial charge >= 0.3 is 46.3 Å². The van der Waals surface area contributed by atoms with E-state index >= 15 is 0 Å². The summed E-state index contributed by atoms with van der Waals surface area (Å²) in [6, 6.07) is 8.59. The number of carbonyl (C=O) groups is 12. The number of carbonyl (C=O) groups excluding carboxylic acids is 8. The van der Waals surface area contributed by atoms with Gasteiger partial charge in [0.2, 0.25) is 11.8 Å². The molecule has 0 bridgehead atoms. The van der Waals surface area contributed by atoms with Crippen molar-refractivity contribution in [3.63, 3.8) is 0 Å². The van der Waals surface area contributed by atoms with Crippen LogP contribution < -0.4 is 21.3 Å². The SMILES string of the molecule is [NH-][C@@H](CNC(=O)[C@@H](CC(=O)[C@H](Cc1ccccc1)NC(=O)CCCCCCCCC(=O)CC[C@H](NC(=O)N[C@@H](CCC(=O)O)OC=O)C(=O)O)Cc1ccccc1)C(=O)[N-][C@@H](CC(=O)O)C(=O)[N-][C@@H](C[S-])C(=O)O.[O]=[99Tc+4]. The summed E-state index contributed by atoms with van der Waals surface area (Å²) >= 11 is 5.57. The van der Waals surface area contributed by atoms with Crippen LogP contribution in [0.5, 0.6) is 0 Å². The molecule has 0 saturated carbocycles. The van der Waals surface area contributed by atoms with E-state index in [4.69, 9.17) is 14.3 Å². The van der Waals surface area contributed by atoms with Crippen molar-refractivity contribution in [2.75, 3.05) is 12.3 Å². The van der Waals surface area contributed by atoms with Gasteiger partial charge in [-0.05, 0) is 49.3 Å². The van der Waals surface area contributed by atoms with Gasteiger partial charge in [-0.2, -0.15) is 5.75 Å². The molecule has 0 aliphatic carbocycles. The summed E-state index contributed by atoms with van der Waals surface area (Å²) in [4.78, 5) is 147. The summed E-state index contributed by atoms with van der Waals surface area (Å²) in [5.74, 6) is -11.7. The Morgan fingerprint density at radius 3 is 1.74 bits per heavy atom. The van der Waals surface area contributed by atoms with Gasteiger partial charge in [0.05, 0.1) is 12.5 Å². The minimum atomic E-state index is -1.95. The maximum atomic E-state index is 14.1. The Morgan fingerprint density at radius 1 is 0.632 bits per heavy atom. The number of urea groups is 1. The molecule has 2 aromatic carbocycles. The molecule has 415 valence electrons. The molecule has 9 N–H and O–H groups in total. The Bertz CT molecular complexity index is 2230. The average Bonchev–Trinajstić information content (AvgIpc) is 3.38. The fraction of sp³-hybridized carbons (Fsp3) is 0.510. The first-order chi connectivity index (χ1) is 36.2. The number of hydrogen-bond donors (Lipinski definition) is 8. The second-order valence-corrected chi connectivity index (χ2v) is 17.4. The van der Waals surface area contributed by atoms with Crippen LogP contribution in [0.15, 0.2) is 60.7 Å². The van der Waals surface area contributed by atoms with E-state index in [0.717, 1.165) is 37.3 Å². The summed E-state index contributed by atoms with van der Waals surface area (Å²) in [6.07, 6.45) is 0.443. The van der Waals surface area contributed by atoms with Crippen molar-refractivity contribution in [3.05, 3.63) is 88.2 Å². The molecule has 27 heteroatoms. The van der Waals surface area contributed by atoms with E-state index in [9.17, 15) is 72.9 Å². The number of Topliss-reactive ketones (excluding diaryl/α,β-unsaturated/α-hetero) is 2. The van der Waals surface area contributed by atoms with Gasteiger partial charge < -0.3 is 85.0 Å². The molecule has 0 aliphatic rings. The first kappa shape index (κ1) is 67.1. The quantitative estimate of drug-likeness (QED) is 0.0206. The molecule has 7 atom stereocenters. The van der Waals surface area contributed by atoms with Gasteiger partial charge in [-0.3, -0.25) is 38.4 Å². The predicted molar refractivity (Wildman–Crippen MR) is 266 cm³/mol. The third-order valence-corrected chi connectivity index (χ3v) is 11.5. The van der Waals surface area contributed by atoms with Gasteiger partial charge in [0.25, 0.3) is 12.4 Å². The molecule has 2 rings (SSSR count). The maximum absolute atomic E-state index is 14.1. The molecular weight excluding hydrogens is 1110 g/mol. The number of nitrogens with one attached hydrogen (secondary N) is 5. The van der Waals surface area contributed by atoms with Crippen molar-refractivity contribution >= 4 is 84.2 Å². The Balaban J connectivity index is 0.0000143. The summed E-state index contributed by atoms with van der Waals surface area (Å²) in [5.41, 5.74) is 9.71. The van der Waals surface area contributed by atoms with E-state index in [1.807, 2.05) is 0 Å². The van der Waals surface area contributed by atoms with Crippen molar-refractivity contribution < 1.29 is 105 Å². The van der Waals surface area contributed by atoms with E-state index in [1.54, 1.807) is 60.7 Å². The molecule has 0 spiro atoms. The molecule has 25 nitrogen and oxygen atoms in total. The average molecular weight is 1170 g/mol. The van der Waals surface area contributed by atoms with Crippen LogP contribution in [0.2, 0.25) is 0 Å². The second-order valence-electron chi connectivity index (χ2n) is 17.1. The van der Waals surface area contributed by atoms with Gasteiger partial charge in [0.15, 0.2) is 12.0 Å². The van der Waals surface area contributed by atoms with Crippen molar-refractivity contribution in [2.24, 2.45) is 5.92 Å². The molecule has 0 radical (unpaired) electrons. The Kier molecular flexibility index (Phi) is 34.0. The molecule has 0 unspecified atom stereocenters. The number of nitrogens with zero attached hydrogens (tertiary/aromatic N) is 2. The van der Waals surface area contributed by atoms with E-state index in [2.05, 4.69) is 49.3 Å². The monoisotopic (exact) mass is 1170 g/mol.